The molecule has 1 aliphatic heterocycles. The van der Waals surface area contributed by atoms with Gasteiger partial charge in [-0.2, -0.15) is 0 Å². The summed E-state index contributed by atoms with van der Waals surface area (Å²) in [5.41, 5.74) is 2.92. The zero-order chi connectivity index (χ0) is 20.1. The summed E-state index contributed by atoms with van der Waals surface area (Å²) >= 11 is 0. The fourth-order valence-corrected chi connectivity index (χ4v) is 3.17. The van der Waals surface area contributed by atoms with Gasteiger partial charge in [0, 0.05) is 5.69 Å². The summed E-state index contributed by atoms with van der Waals surface area (Å²) in [4.78, 5) is 37.9. The van der Waals surface area contributed by atoms with E-state index in [0.717, 1.165) is 10.5 Å². The van der Waals surface area contributed by atoms with E-state index < -0.39 is 18.0 Å². The van der Waals surface area contributed by atoms with Crippen LogP contribution in [-0.2, 0) is 16.0 Å². The molecule has 2 N–H and O–H groups in total. The number of carbonyl (C=O) groups excluding carboxylic acids is 3. The van der Waals surface area contributed by atoms with Gasteiger partial charge in [0.2, 0.25) is 5.91 Å². The zero-order valence-electron chi connectivity index (χ0n) is 16.1. The van der Waals surface area contributed by atoms with E-state index >= 15 is 0 Å². The van der Waals surface area contributed by atoms with Gasteiger partial charge in [0.15, 0.2) is 0 Å². The Balaban J connectivity index is 1.53. The third kappa shape index (κ3) is 4.76. The molecule has 0 aliphatic carbocycles. The molecular formula is C22H25N3O3. The van der Waals surface area contributed by atoms with Gasteiger partial charge >= 0.3 is 6.03 Å². The summed E-state index contributed by atoms with van der Waals surface area (Å²) in [6.45, 7) is 3.90. The zero-order valence-corrected chi connectivity index (χ0v) is 16.1. The predicted molar refractivity (Wildman–Crippen MR) is 108 cm³/mol. The molecule has 146 valence electrons. The van der Waals surface area contributed by atoms with Crippen molar-refractivity contribution < 1.29 is 14.4 Å². The van der Waals surface area contributed by atoms with Crippen LogP contribution in [-0.4, -0.2) is 35.3 Å². The Morgan fingerprint density at radius 2 is 1.75 bits per heavy atom. The van der Waals surface area contributed by atoms with Crippen LogP contribution in [0.4, 0.5) is 10.5 Å². The molecule has 1 aliphatic rings. The first-order chi connectivity index (χ1) is 13.4. The Labute approximate surface area is 164 Å². The van der Waals surface area contributed by atoms with Crippen LogP contribution in [0.1, 0.15) is 37.3 Å². The van der Waals surface area contributed by atoms with Gasteiger partial charge < -0.3 is 10.6 Å². The number of amides is 4. The van der Waals surface area contributed by atoms with Crippen molar-refractivity contribution in [1.29, 1.82) is 0 Å². The molecule has 3 rings (SSSR count). The highest BCUT2D eigenvalue weighted by Gasteiger charge is 2.38. The largest absolute Gasteiger partial charge is 0.326 e. The second kappa shape index (κ2) is 8.69. The van der Waals surface area contributed by atoms with Crippen molar-refractivity contribution in [2.45, 2.75) is 38.6 Å². The first kappa shape index (κ1) is 19.6. The first-order valence-electron chi connectivity index (χ1n) is 9.49. The lowest BCUT2D eigenvalue weighted by atomic mass is 10.0. The van der Waals surface area contributed by atoms with Crippen molar-refractivity contribution in [1.82, 2.24) is 10.2 Å². The average molecular weight is 379 g/mol. The first-order valence-corrected chi connectivity index (χ1v) is 9.49. The van der Waals surface area contributed by atoms with E-state index in [0.29, 0.717) is 24.4 Å². The Hall–Kier alpha value is -3.15. The van der Waals surface area contributed by atoms with Crippen molar-refractivity contribution in [3.8, 4) is 0 Å². The summed E-state index contributed by atoms with van der Waals surface area (Å²) in [5, 5.41) is 5.41. The maximum atomic E-state index is 12.5. The van der Waals surface area contributed by atoms with Crippen LogP contribution in [0.15, 0.2) is 54.6 Å². The molecule has 1 saturated heterocycles. The maximum Gasteiger partial charge on any atom is 0.325 e. The molecule has 6 heteroatoms. The molecule has 4 amide bonds. The van der Waals surface area contributed by atoms with Gasteiger partial charge in [-0.3, -0.25) is 14.5 Å². The monoisotopic (exact) mass is 379 g/mol. The van der Waals surface area contributed by atoms with E-state index in [2.05, 4.69) is 24.5 Å². The third-order valence-corrected chi connectivity index (χ3v) is 4.83. The number of urea groups is 1. The Bertz CT molecular complexity index is 847. The van der Waals surface area contributed by atoms with Crippen molar-refractivity contribution in [3.05, 3.63) is 65.7 Å². The fourth-order valence-electron chi connectivity index (χ4n) is 3.17. The number of rotatable bonds is 7. The predicted octanol–water partition coefficient (Wildman–Crippen LogP) is 3.30. The Morgan fingerprint density at radius 1 is 1.07 bits per heavy atom. The lowest BCUT2D eigenvalue weighted by Crippen LogP contribution is -2.38. The molecule has 0 unspecified atom stereocenters. The standard InChI is InChI=1S/C22H25N3O3/c1-15(2)17-9-11-18(12-10-17)23-20(26)14-25-21(27)19(24-22(25)28)13-8-16-6-4-3-5-7-16/h3-7,9-12,15,19H,8,13-14H2,1-2H3,(H,23,26)(H,24,28)/t19-/m0/s1. The van der Waals surface area contributed by atoms with Gasteiger partial charge in [0.1, 0.15) is 12.6 Å². The van der Waals surface area contributed by atoms with E-state index in [1.807, 2.05) is 54.6 Å². The second-order valence-corrected chi connectivity index (χ2v) is 7.28. The summed E-state index contributed by atoms with van der Waals surface area (Å²) in [6.07, 6.45) is 1.18. The van der Waals surface area contributed by atoms with E-state index in [-0.39, 0.29) is 12.5 Å². The summed E-state index contributed by atoms with van der Waals surface area (Å²) < 4.78 is 0. The number of nitrogens with zero attached hydrogens (tertiary/aromatic N) is 1. The minimum Gasteiger partial charge on any atom is -0.326 e. The molecule has 28 heavy (non-hydrogen) atoms. The van der Waals surface area contributed by atoms with Crippen LogP contribution in [0.5, 0.6) is 0 Å². The summed E-state index contributed by atoms with van der Waals surface area (Å²) in [7, 11) is 0. The molecule has 6 nitrogen and oxygen atoms in total. The number of nitrogens with one attached hydrogen (secondary N) is 2. The highest BCUT2D eigenvalue weighted by Crippen LogP contribution is 2.18. The van der Waals surface area contributed by atoms with Crippen LogP contribution in [0.2, 0.25) is 0 Å². The van der Waals surface area contributed by atoms with Crippen LogP contribution in [0.3, 0.4) is 0 Å². The number of hydrogen-bond acceptors (Lipinski definition) is 3. The van der Waals surface area contributed by atoms with Crippen molar-refractivity contribution in [2.24, 2.45) is 0 Å². The molecular weight excluding hydrogens is 354 g/mol. The van der Waals surface area contributed by atoms with E-state index in [4.69, 9.17) is 0 Å². The third-order valence-electron chi connectivity index (χ3n) is 4.83. The lowest BCUT2D eigenvalue weighted by Gasteiger charge is -2.13. The van der Waals surface area contributed by atoms with Crippen LogP contribution in [0, 0.1) is 0 Å². The van der Waals surface area contributed by atoms with E-state index in [1.165, 1.54) is 5.56 Å². The molecule has 0 bridgehead atoms. The minimum absolute atomic E-state index is 0.293. The van der Waals surface area contributed by atoms with E-state index in [9.17, 15) is 14.4 Å². The van der Waals surface area contributed by atoms with Gasteiger partial charge in [-0.15, -0.1) is 0 Å². The van der Waals surface area contributed by atoms with Gasteiger partial charge in [-0.05, 0) is 42.0 Å². The van der Waals surface area contributed by atoms with Gasteiger partial charge in [-0.25, -0.2) is 4.79 Å². The number of benzene rings is 2. The summed E-state index contributed by atoms with van der Waals surface area (Å²) in [6, 6.07) is 16.2. The molecule has 2 aromatic carbocycles. The fraction of sp³-hybridized carbons (Fsp3) is 0.318. The number of aryl methyl sites for hydroxylation is 1. The maximum absolute atomic E-state index is 12.5. The molecule has 0 spiro atoms. The molecule has 0 aromatic heterocycles. The van der Waals surface area contributed by atoms with Gasteiger partial charge in [0.25, 0.3) is 5.91 Å². The van der Waals surface area contributed by atoms with Crippen LogP contribution in [0.25, 0.3) is 0 Å². The van der Waals surface area contributed by atoms with Crippen molar-refractivity contribution in [2.75, 3.05) is 11.9 Å². The van der Waals surface area contributed by atoms with Crippen molar-refractivity contribution >= 4 is 23.5 Å². The smallest absolute Gasteiger partial charge is 0.325 e. The molecule has 2 aromatic rings. The van der Waals surface area contributed by atoms with Gasteiger partial charge in [-0.1, -0.05) is 56.3 Å². The molecule has 1 atom stereocenters. The lowest BCUT2D eigenvalue weighted by molar-refractivity contribution is -0.130. The number of imide groups is 1. The molecule has 0 radical (unpaired) electrons. The number of carbonyl (C=O) groups is 3. The van der Waals surface area contributed by atoms with Crippen molar-refractivity contribution in [3.63, 3.8) is 0 Å². The average Bonchev–Trinajstić information content (AvgIpc) is 2.95. The topological polar surface area (TPSA) is 78.5 Å². The highest BCUT2D eigenvalue weighted by molar-refractivity contribution is 6.07. The van der Waals surface area contributed by atoms with E-state index in [1.54, 1.807) is 0 Å². The SMILES string of the molecule is CC(C)c1ccc(NC(=O)CN2C(=O)N[C@@H](CCc3ccccc3)C2=O)cc1. The molecule has 1 fully saturated rings. The highest BCUT2D eigenvalue weighted by atomic mass is 16.2. The summed E-state index contributed by atoms with van der Waals surface area (Å²) in [5.74, 6) is -0.348. The number of anilines is 1. The Morgan fingerprint density at radius 3 is 2.39 bits per heavy atom. The Kier molecular flexibility index (Phi) is 6.09. The molecule has 1 heterocycles. The number of hydrogen-bond donors (Lipinski definition) is 2. The van der Waals surface area contributed by atoms with Gasteiger partial charge in [0.05, 0.1) is 0 Å². The van der Waals surface area contributed by atoms with Crippen LogP contribution < -0.4 is 10.6 Å². The molecule has 0 saturated carbocycles. The minimum atomic E-state index is -0.592. The normalized spacial score (nSPS) is 16.4. The van der Waals surface area contributed by atoms with Crippen LogP contribution >= 0.6 is 0 Å². The quantitative estimate of drug-likeness (QED) is 0.725. The second-order valence-electron chi connectivity index (χ2n) is 7.28.